The van der Waals surface area contributed by atoms with Crippen LogP contribution in [0.3, 0.4) is 0 Å². The van der Waals surface area contributed by atoms with E-state index in [9.17, 15) is 14.2 Å². The largest absolute Gasteiger partial charge is 0.464 e. The summed E-state index contributed by atoms with van der Waals surface area (Å²) in [5.74, 6) is -0.582. The van der Waals surface area contributed by atoms with E-state index in [1.807, 2.05) is 0 Å². The number of esters is 1. The summed E-state index contributed by atoms with van der Waals surface area (Å²) in [6.07, 6.45) is -0.592. The van der Waals surface area contributed by atoms with Gasteiger partial charge in [-0.25, -0.2) is 9.59 Å². The normalized spacial score (nSPS) is 12.9. The third-order valence-electron chi connectivity index (χ3n) is 3.53. The Kier molecular flexibility index (Phi) is 9.83. The van der Waals surface area contributed by atoms with Gasteiger partial charge >= 0.3 is 19.7 Å². The van der Waals surface area contributed by atoms with Crippen LogP contribution >= 0.6 is 7.60 Å². The highest BCUT2D eigenvalue weighted by Crippen LogP contribution is 2.46. The van der Waals surface area contributed by atoms with E-state index in [2.05, 4.69) is 5.32 Å². The Morgan fingerprint density at radius 2 is 1.69 bits per heavy atom. The van der Waals surface area contributed by atoms with E-state index < -0.39 is 31.3 Å². The molecule has 1 N–H and O–H groups in total. The SMILES string of the molecule is CCOC(=O)C(Cc1cccc(P(=O)(OCC)OCC)c1)NC(=O)OC(C)(C)C. The van der Waals surface area contributed by atoms with E-state index in [0.717, 1.165) is 0 Å². The number of rotatable bonds is 10. The Morgan fingerprint density at radius 1 is 1.07 bits per heavy atom. The molecule has 1 aromatic rings. The summed E-state index contributed by atoms with van der Waals surface area (Å²) >= 11 is 0. The smallest absolute Gasteiger partial charge is 0.408 e. The van der Waals surface area contributed by atoms with Crippen molar-refractivity contribution in [2.75, 3.05) is 19.8 Å². The van der Waals surface area contributed by atoms with Crippen molar-refractivity contribution in [1.82, 2.24) is 5.32 Å². The van der Waals surface area contributed by atoms with Crippen LogP contribution in [0.4, 0.5) is 4.79 Å². The van der Waals surface area contributed by atoms with Crippen LogP contribution in [0, 0.1) is 0 Å². The van der Waals surface area contributed by atoms with Gasteiger partial charge in [0.25, 0.3) is 0 Å². The Morgan fingerprint density at radius 3 is 2.21 bits per heavy atom. The number of hydrogen-bond donors (Lipinski definition) is 1. The number of ether oxygens (including phenoxy) is 2. The number of carbonyl (C=O) groups is 2. The molecule has 0 saturated heterocycles. The number of alkyl carbamates (subject to hydrolysis) is 1. The van der Waals surface area contributed by atoms with Gasteiger partial charge in [-0.05, 0) is 59.2 Å². The molecule has 0 radical (unpaired) electrons. The molecule has 0 heterocycles. The van der Waals surface area contributed by atoms with Crippen molar-refractivity contribution in [3.63, 3.8) is 0 Å². The third-order valence-corrected chi connectivity index (χ3v) is 5.63. The lowest BCUT2D eigenvalue weighted by molar-refractivity contribution is -0.145. The average molecular weight is 429 g/mol. The maximum atomic E-state index is 13.0. The summed E-state index contributed by atoms with van der Waals surface area (Å²) in [5, 5.41) is 2.94. The molecule has 0 aromatic heterocycles. The van der Waals surface area contributed by atoms with E-state index in [1.54, 1.807) is 65.8 Å². The lowest BCUT2D eigenvalue weighted by atomic mass is 10.1. The van der Waals surface area contributed by atoms with Crippen LogP contribution in [0.25, 0.3) is 0 Å². The number of carbonyl (C=O) groups excluding carboxylic acids is 2. The predicted octanol–water partition coefficient (Wildman–Crippen LogP) is 3.58. The average Bonchev–Trinajstić information content (AvgIpc) is 2.60. The lowest BCUT2D eigenvalue weighted by Gasteiger charge is -2.23. The zero-order chi connectivity index (χ0) is 22.1. The molecular formula is C20H32NO7P. The van der Waals surface area contributed by atoms with Crippen molar-refractivity contribution >= 4 is 25.0 Å². The first kappa shape index (κ1) is 25.1. The highest BCUT2D eigenvalue weighted by atomic mass is 31.2. The molecule has 1 rings (SSSR count). The van der Waals surface area contributed by atoms with Crippen LogP contribution in [0.2, 0.25) is 0 Å². The maximum absolute atomic E-state index is 13.0. The Bertz CT molecular complexity index is 720. The predicted molar refractivity (Wildman–Crippen MR) is 110 cm³/mol. The molecule has 0 aliphatic heterocycles. The minimum atomic E-state index is -3.46. The molecular weight excluding hydrogens is 397 g/mol. The van der Waals surface area contributed by atoms with E-state index in [1.165, 1.54) is 0 Å². The number of amides is 1. The second-order valence-electron chi connectivity index (χ2n) is 7.16. The molecule has 1 amide bonds. The first-order valence-corrected chi connectivity index (χ1v) is 11.2. The van der Waals surface area contributed by atoms with Crippen molar-refractivity contribution in [3.05, 3.63) is 29.8 Å². The van der Waals surface area contributed by atoms with E-state index in [4.69, 9.17) is 18.5 Å². The summed E-state index contributed by atoms with van der Waals surface area (Å²) in [5.41, 5.74) is -0.0403. The van der Waals surface area contributed by atoms with Gasteiger partial charge < -0.3 is 23.8 Å². The van der Waals surface area contributed by atoms with Gasteiger partial charge in [-0.3, -0.25) is 4.57 Å². The fourth-order valence-corrected chi connectivity index (χ4v) is 4.15. The number of nitrogens with one attached hydrogen (secondary N) is 1. The molecule has 164 valence electrons. The van der Waals surface area contributed by atoms with Crippen molar-refractivity contribution in [3.8, 4) is 0 Å². The number of benzene rings is 1. The summed E-state index contributed by atoms with van der Waals surface area (Å²) in [6, 6.07) is 5.80. The van der Waals surface area contributed by atoms with Gasteiger partial charge in [-0.15, -0.1) is 0 Å². The molecule has 9 heteroatoms. The quantitative estimate of drug-likeness (QED) is 0.448. The molecule has 29 heavy (non-hydrogen) atoms. The molecule has 1 atom stereocenters. The zero-order valence-electron chi connectivity index (χ0n) is 18.0. The minimum Gasteiger partial charge on any atom is -0.464 e. The van der Waals surface area contributed by atoms with Crippen molar-refractivity contribution in [2.24, 2.45) is 0 Å². The van der Waals surface area contributed by atoms with Crippen LogP contribution in [-0.2, 0) is 34.3 Å². The summed E-state index contributed by atoms with van der Waals surface area (Å²) in [7, 11) is -3.46. The topological polar surface area (TPSA) is 100 Å². The summed E-state index contributed by atoms with van der Waals surface area (Å²) in [4.78, 5) is 24.5. The van der Waals surface area contributed by atoms with Crippen LogP contribution < -0.4 is 10.6 Å². The first-order chi connectivity index (χ1) is 13.5. The molecule has 1 unspecified atom stereocenters. The molecule has 0 spiro atoms. The molecule has 0 bridgehead atoms. The van der Waals surface area contributed by atoms with Gasteiger partial charge in [0, 0.05) is 6.42 Å². The Balaban J connectivity index is 3.08. The monoisotopic (exact) mass is 429 g/mol. The van der Waals surface area contributed by atoms with Gasteiger partial charge in [0.1, 0.15) is 11.6 Å². The molecule has 0 aliphatic carbocycles. The Labute approximate surface area is 172 Å². The van der Waals surface area contributed by atoms with E-state index >= 15 is 0 Å². The highest BCUT2D eigenvalue weighted by Gasteiger charge is 2.29. The summed E-state index contributed by atoms with van der Waals surface area (Å²) in [6.45, 7) is 11.0. The molecule has 8 nitrogen and oxygen atoms in total. The van der Waals surface area contributed by atoms with E-state index in [-0.39, 0.29) is 26.2 Å². The zero-order valence-corrected chi connectivity index (χ0v) is 18.9. The van der Waals surface area contributed by atoms with Gasteiger partial charge in [-0.1, -0.05) is 12.1 Å². The minimum absolute atomic E-state index is 0.129. The lowest BCUT2D eigenvalue weighted by Crippen LogP contribution is -2.45. The summed E-state index contributed by atoms with van der Waals surface area (Å²) < 4.78 is 34.0. The fourth-order valence-electron chi connectivity index (χ4n) is 2.50. The molecule has 0 fully saturated rings. The van der Waals surface area contributed by atoms with Gasteiger partial charge in [0.15, 0.2) is 0 Å². The van der Waals surface area contributed by atoms with Crippen LogP contribution in [-0.4, -0.2) is 43.5 Å². The second-order valence-corrected chi connectivity index (χ2v) is 9.19. The molecule has 0 aliphatic rings. The first-order valence-electron chi connectivity index (χ1n) is 9.69. The van der Waals surface area contributed by atoms with Crippen molar-refractivity contribution in [1.29, 1.82) is 0 Å². The maximum Gasteiger partial charge on any atom is 0.408 e. The fraction of sp³-hybridized carbons (Fsp3) is 0.600. The molecule has 0 saturated carbocycles. The van der Waals surface area contributed by atoms with Crippen LogP contribution in [0.5, 0.6) is 0 Å². The third kappa shape index (κ3) is 8.56. The van der Waals surface area contributed by atoms with Gasteiger partial charge in [-0.2, -0.15) is 0 Å². The number of hydrogen-bond acceptors (Lipinski definition) is 7. The second kappa shape index (κ2) is 11.3. The highest BCUT2D eigenvalue weighted by molar-refractivity contribution is 7.62. The van der Waals surface area contributed by atoms with Crippen LogP contribution in [0.1, 0.15) is 47.1 Å². The van der Waals surface area contributed by atoms with Crippen LogP contribution in [0.15, 0.2) is 24.3 Å². The Hall–Kier alpha value is -1.89. The molecule has 1 aromatic carbocycles. The van der Waals surface area contributed by atoms with Gasteiger partial charge in [0.2, 0.25) is 0 Å². The van der Waals surface area contributed by atoms with Crippen molar-refractivity contribution in [2.45, 2.75) is 59.6 Å². The van der Waals surface area contributed by atoms with E-state index in [0.29, 0.717) is 10.9 Å². The standard InChI is InChI=1S/C20H32NO7P/c1-7-25-18(22)17(21-19(23)28-20(4,5)6)14-15-11-10-12-16(13-15)29(24,26-8-2)27-9-3/h10-13,17H,7-9,14H2,1-6H3,(H,21,23). The van der Waals surface area contributed by atoms with Gasteiger partial charge in [0.05, 0.1) is 25.1 Å². The van der Waals surface area contributed by atoms with Crippen molar-refractivity contribution < 1.29 is 32.7 Å².